The summed E-state index contributed by atoms with van der Waals surface area (Å²) >= 11 is 0. The number of tetrazole rings is 1. The predicted molar refractivity (Wildman–Crippen MR) is 83.6 cm³/mol. The molecule has 5 heteroatoms. The maximum absolute atomic E-state index is 6.10. The van der Waals surface area contributed by atoms with Crippen molar-refractivity contribution in [2.75, 3.05) is 5.73 Å². The van der Waals surface area contributed by atoms with Crippen molar-refractivity contribution >= 4 is 5.69 Å². The highest BCUT2D eigenvalue weighted by Gasteiger charge is 2.17. The molecular formula is C16H23N5. The first-order valence-electron chi connectivity index (χ1n) is 7.87. The fourth-order valence-corrected chi connectivity index (χ4v) is 3.36. The van der Waals surface area contributed by atoms with Crippen molar-refractivity contribution in [1.82, 2.24) is 20.2 Å². The second-order valence-electron chi connectivity index (χ2n) is 6.06. The van der Waals surface area contributed by atoms with E-state index >= 15 is 0 Å². The van der Waals surface area contributed by atoms with E-state index in [1.807, 2.05) is 29.8 Å². The lowest BCUT2D eigenvalue weighted by atomic mass is 10.0. The van der Waals surface area contributed by atoms with Crippen molar-refractivity contribution < 1.29 is 0 Å². The van der Waals surface area contributed by atoms with Gasteiger partial charge >= 0.3 is 0 Å². The highest BCUT2D eigenvalue weighted by Crippen LogP contribution is 2.30. The van der Waals surface area contributed by atoms with Gasteiger partial charge in [-0.3, -0.25) is 0 Å². The van der Waals surface area contributed by atoms with Gasteiger partial charge in [0.2, 0.25) is 0 Å². The number of nitrogens with two attached hydrogens (primary N) is 1. The molecule has 112 valence electrons. The molecule has 1 aliphatic rings. The van der Waals surface area contributed by atoms with Gasteiger partial charge in [-0.2, -0.15) is 0 Å². The Balaban J connectivity index is 1.71. The van der Waals surface area contributed by atoms with Gasteiger partial charge in [-0.1, -0.05) is 37.8 Å². The smallest absolute Gasteiger partial charge is 0.184 e. The van der Waals surface area contributed by atoms with Crippen molar-refractivity contribution in [3.63, 3.8) is 0 Å². The van der Waals surface area contributed by atoms with E-state index in [4.69, 9.17) is 5.73 Å². The van der Waals surface area contributed by atoms with Crippen LogP contribution < -0.4 is 5.73 Å². The molecule has 0 aliphatic heterocycles. The maximum Gasteiger partial charge on any atom is 0.184 e. The quantitative estimate of drug-likeness (QED) is 0.856. The number of hydrogen-bond acceptors (Lipinski definition) is 4. The molecule has 5 nitrogen and oxygen atoms in total. The van der Waals surface area contributed by atoms with E-state index in [9.17, 15) is 0 Å². The second-order valence-corrected chi connectivity index (χ2v) is 6.06. The van der Waals surface area contributed by atoms with Gasteiger partial charge < -0.3 is 5.73 Å². The van der Waals surface area contributed by atoms with E-state index < -0.39 is 0 Å². The van der Waals surface area contributed by atoms with Crippen molar-refractivity contribution in [2.24, 2.45) is 5.92 Å². The molecule has 0 amide bonds. The highest BCUT2D eigenvalue weighted by atomic mass is 15.5. The Bertz CT molecular complexity index is 578. The molecule has 0 saturated heterocycles. The van der Waals surface area contributed by atoms with Gasteiger partial charge in [0, 0.05) is 17.8 Å². The molecule has 1 aromatic carbocycles. The number of hydrogen-bond donors (Lipinski definition) is 1. The molecule has 0 radical (unpaired) electrons. The fraction of sp³-hybridized carbons (Fsp3) is 0.562. The van der Waals surface area contributed by atoms with Crippen LogP contribution in [0.25, 0.3) is 11.4 Å². The molecule has 1 aromatic heterocycles. The number of nitrogens with zero attached hydrogens (tertiary/aromatic N) is 4. The first-order chi connectivity index (χ1) is 10.3. The van der Waals surface area contributed by atoms with Crippen LogP contribution in [-0.2, 0) is 6.54 Å². The van der Waals surface area contributed by atoms with Crippen LogP contribution in [0.1, 0.15) is 44.1 Å². The molecule has 1 fully saturated rings. The zero-order valence-corrected chi connectivity index (χ0v) is 12.6. The molecule has 3 rings (SSSR count). The van der Waals surface area contributed by atoms with Crippen LogP contribution in [0.15, 0.2) is 18.2 Å². The van der Waals surface area contributed by atoms with Crippen LogP contribution in [0.5, 0.6) is 0 Å². The normalized spacial score (nSPS) is 15.7. The Kier molecular flexibility index (Phi) is 4.18. The summed E-state index contributed by atoms with van der Waals surface area (Å²) < 4.78 is 1.90. The van der Waals surface area contributed by atoms with E-state index in [0.717, 1.165) is 41.5 Å². The SMILES string of the molecule is Cc1cccc(N)c1-c1nnnn1CCCC1CCCC1. The minimum Gasteiger partial charge on any atom is -0.398 e. The minimum atomic E-state index is 0.738. The summed E-state index contributed by atoms with van der Waals surface area (Å²) in [4.78, 5) is 0. The third kappa shape index (κ3) is 3.06. The monoisotopic (exact) mass is 285 g/mol. The van der Waals surface area contributed by atoms with Crippen LogP contribution in [0.2, 0.25) is 0 Å². The van der Waals surface area contributed by atoms with E-state index in [1.54, 1.807) is 0 Å². The van der Waals surface area contributed by atoms with Gasteiger partial charge in [-0.05, 0) is 47.7 Å². The van der Waals surface area contributed by atoms with Gasteiger partial charge in [0.1, 0.15) is 0 Å². The maximum atomic E-state index is 6.10. The third-order valence-corrected chi connectivity index (χ3v) is 4.52. The average Bonchev–Trinajstić information content (AvgIpc) is 3.11. The molecule has 1 heterocycles. The first-order valence-corrected chi connectivity index (χ1v) is 7.87. The Morgan fingerprint density at radius 3 is 2.86 bits per heavy atom. The van der Waals surface area contributed by atoms with Gasteiger partial charge in [-0.15, -0.1) is 5.10 Å². The summed E-state index contributed by atoms with van der Waals surface area (Å²) in [7, 11) is 0. The Morgan fingerprint density at radius 1 is 1.29 bits per heavy atom. The zero-order valence-electron chi connectivity index (χ0n) is 12.6. The number of anilines is 1. The number of aromatic nitrogens is 4. The number of rotatable bonds is 5. The molecule has 0 spiro atoms. The highest BCUT2D eigenvalue weighted by molar-refractivity contribution is 5.74. The van der Waals surface area contributed by atoms with Gasteiger partial charge in [0.25, 0.3) is 0 Å². The van der Waals surface area contributed by atoms with Crippen molar-refractivity contribution in [3.8, 4) is 11.4 Å². The Labute approximate surface area is 125 Å². The van der Waals surface area contributed by atoms with Crippen LogP contribution >= 0.6 is 0 Å². The number of nitrogen functional groups attached to an aromatic ring is 1. The number of benzene rings is 1. The lowest BCUT2D eigenvalue weighted by Gasteiger charge is -2.11. The lowest BCUT2D eigenvalue weighted by molar-refractivity contribution is 0.444. The molecule has 0 atom stereocenters. The molecule has 21 heavy (non-hydrogen) atoms. The molecule has 0 unspecified atom stereocenters. The lowest BCUT2D eigenvalue weighted by Crippen LogP contribution is -2.07. The fourth-order valence-electron chi connectivity index (χ4n) is 3.36. The van der Waals surface area contributed by atoms with Gasteiger partial charge in [0.15, 0.2) is 5.82 Å². The Morgan fingerprint density at radius 2 is 2.10 bits per heavy atom. The van der Waals surface area contributed by atoms with Gasteiger partial charge in [0.05, 0.1) is 0 Å². The standard InChI is InChI=1S/C16H23N5/c1-12-6-4-10-14(17)15(12)16-18-19-20-21(16)11-5-9-13-7-2-3-8-13/h4,6,10,13H,2-3,5,7-9,11,17H2,1H3. The molecule has 2 N–H and O–H groups in total. The topological polar surface area (TPSA) is 69.6 Å². The summed E-state index contributed by atoms with van der Waals surface area (Å²) in [5.41, 5.74) is 8.91. The van der Waals surface area contributed by atoms with Gasteiger partial charge in [-0.25, -0.2) is 4.68 Å². The van der Waals surface area contributed by atoms with Crippen molar-refractivity contribution in [2.45, 2.75) is 52.0 Å². The molecule has 1 aliphatic carbocycles. The van der Waals surface area contributed by atoms with Crippen LogP contribution in [0.3, 0.4) is 0 Å². The predicted octanol–water partition coefficient (Wildman–Crippen LogP) is 3.20. The average molecular weight is 285 g/mol. The summed E-state index contributed by atoms with van der Waals surface area (Å²) in [6.45, 7) is 2.91. The molecule has 2 aromatic rings. The zero-order chi connectivity index (χ0) is 14.7. The van der Waals surface area contributed by atoms with E-state index in [2.05, 4.69) is 15.5 Å². The largest absolute Gasteiger partial charge is 0.398 e. The van der Waals surface area contributed by atoms with Crippen LogP contribution in [0.4, 0.5) is 5.69 Å². The summed E-state index contributed by atoms with van der Waals surface area (Å²) in [5.74, 6) is 1.70. The summed E-state index contributed by atoms with van der Waals surface area (Å²) in [6, 6.07) is 5.91. The van der Waals surface area contributed by atoms with E-state index in [-0.39, 0.29) is 0 Å². The second kappa shape index (κ2) is 6.24. The molecule has 0 bridgehead atoms. The van der Waals surface area contributed by atoms with Crippen LogP contribution in [-0.4, -0.2) is 20.2 Å². The summed E-state index contributed by atoms with van der Waals surface area (Å²) in [6.07, 6.45) is 8.01. The summed E-state index contributed by atoms with van der Waals surface area (Å²) in [5, 5.41) is 12.2. The Hall–Kier alpha value is -1.91. The molecule has 1 saturated carbocycles. The molecular weight excluding hydrogens is 262 g/mol. The third-order valence-electron chi connectivity index (χ3n) is 4.52. The van der Waals surface area contributed by atoms with E-state index in [1.165, 1.54) is 32.1 Å². The minimum absolute atomic E-state index is 0.738. The van der Waals surface area contributed by atoms with Crippen LogP contribution in [0, 0.1) is 12.8 Å². The van der Waals surface area contributed by atoms with E-state index in [0.29, 0.717) is 0 Å². The first kappa shape index (κ1) is 14.0. The van der Waals surface area contributed by atoms with Crippen molar-refractivity contribution in [3.05, 3.63) is 23.8 Å². The number of aryl methyl sites for hydroxylation is 2. The van der Waals surface area contributed by atoms with Crippen molar-refractivity contribution in [1.29, 1.82) is 0 Å².